The highest BCUT2D eigenvalue weighted by Gasteiger charge is 2.31. The zero-order chi connectivity index (χ0) is 13.1. The Hall–Kier alpha value is -0.850. The topological polar surface area (TPSA) is 59.1 Å². The molecule has 2 aliphatic heterocycles. The van der Waals surface area contributed by atoms with Crippen molar-refractivity contribution in [3.8, 4) is 0 Å². The van der Waals surface area contributed by atoms with Gasteiger partial charge < -0.3 is 20.2 Å². The molecule has 0 aromatic heterocycles. The molecule has 0 aliphatic carbocycles. The van der Waals surface area contributed by atoms with Crippen LogP contribution < -0.4 is 5.32 Å². The summed E-state index contributed by atoms with van der Waals surface area (Å²) in [4.78, 5) is 17.7. The molecular weight excluding hydrogens is 232 g/mol. The maximum absolute atomic E-state index is 11.4. The predicted molar refractivity (Wildman–Crippen MR) is 69.5 cm³/mol. The Morgan fingerprint density at radius 3 is 2.83 bits per heavy atom. The van der Waals surface area contributed by atoms with Crippen LogP contribution in [0.4, 0.5) is 4.79 Å². The number of likely N-dealkylation sites (N-methyl/N-ethyl adjacent to an activating group) is 1. The largest absolute Gasteiger partial charge is 0.392 e. The smallest absolute Gasteiger partial charge is 0.317 e. The molecule has 2 fully saturated rings. The Balaban J connectivity index is 1.81. The van der Waals surface area contributed by atoms with E-state index in [1.54, 1.807) is 0 Å². The normalized spacial score (nSPS) is 29.3. The predicted octanol–water partition coefficient (Wildman–Crippen LogP) is -0.992. The van der Waals surface area contributed by atoms with Gasteiger partial charge in [-0.05, 0) is 20.5 Å². The summed E-state index contributed by atoms with van der Waals surface area (Å²) in [6.45, 7) is 4.85. The van der Waals surface area contributed by atoms with Gasteiger partial charge in [-0.3, -0.25) is 4.90 Å². The Bertz CT molecular complexity index is 298. The van der Waals surface area contributed by atoms with Crippen molar-refractivity contribution in [2.24, 2.45) is 0 Å². The third-order valence-electron chi connectivity index (χ3n) is 3.68. The van der Waals surface area contributed by atoms with E-state index in [-0.39, 0.29) is 12.1 Å². The van der Waals surface area contributed by atoms with Gasteiger partial charge in [0.2, 0.25) is 0 Å². The molecule has 2 amide bonds. The van der Waals surface area contributed by atoms with E-state index in [1.807, 2.05) is 4.90 Å². The van der Waals surface area contributed by atoms with Gasteiger partial charge in [-0.25, -0.2) is 4.79 Å². The third kappa shape index (κ3) is 3.34. The number of nitrogens with one attached hydrogen (secondary N) is 1. The minimum atomic E-state index is -0.220. The average molecular weight is 256 g/mol. The lowest BCUT2D eigenvalue weighted by Gasteiger charge is -2.28. The molecule has 0 bridgehead atoms. The van der Waals surface area contributed by atoms with Crippen molar-refractivity contribution < 1.29 is 9.90 Å². The Morgan fingerprint density at radius 2 is 2.22 bits per heavy atom. The fourth-order valence-corrected chi connectivity index (χ4v) is 2.82. The van der Waals surface area contributed by atoms with Crippen molar-refractivity contribution in [1.82, 2.24) is 20.0 Å². The fourth-order valence-electron chi connectivity index (χ4n) is 2.82. The van der Waals surface area contributed by atoms with Crippen molar-refractivity contribution in [2.75, 3.05) is 53.4 Å². The van der Waals surface area contributed by atoms with Gasteiger partial charge >= 0.3 is 6.03 Å². The third-order valence-corrected chi connectivity index (χ3v) is 3.68. The van der Waals surface area contributed by atoms with E-state index in [9.17, 15) is 9.90 Å². The van der Waals surface area contributed by atoms with Gasteiger partial charge in [0.25, 0.3) is 0 Å². The maximum Gasteiger partial charge on any atom is 0.317 e. The SMILES string of the molecule is CN(C)CC1CC(O)CN1CCN1CCNC1=O. The number of rotatable bonds is 5. The number of β-amino-alcohol motifs (C(OH)–C–C–N with tert-alkyl or cyclic N) is 1. The van der Waals surface area contributed by atoms with Crippen LogP contribution >= 0.6 is 0 Å². The molecule has 0 spiro atoms. The molecule has 0 aromatic carbocycles. The molecule has 2 rings (SSSR count). The van der Waals surface area contributed by atoms with Crippen molar-refractivity contribution in [3.63, 3.8) is 0 Å². The molecular formula is C12H24N4O2. The van der Waals surface area contributed by atoms with Crippen molar-refractivity contribution in [2.45, 2.75) is 18.6 Å². The van der Waals surface area contributed by atoms with E-state index in [0.29, 0.717) is 6.04 Å². The van der Waals surface area contributed by atoms with Gasteiger partial charge in [-0.15, -0.1) is 0 Å². The first-order valence-corrected chi connectivity index (χ1v) is 6.66. The number of carbonyl (C=O) groups is 1. The molecule has 2 saturated heterocycles. The van der Waals surface area contributed by atoms with Crippen LogP contribution in [0.25, 0.3) is 0 Å². The van der Waals surface area contributed by atoms with Gasteiger partial charge in [-0.1, -0.05) is 0 Å². The van der Waals surface area contributed by atoms with Crippen molar-refractivity contribution >= 4 is 6.03 Å². The molecule has 18 heavy (non-hydrogen) atoms. The average Bonchev–Trinajstić information content (AvgIpc) is 2.82. The first-order chi connectivity index (χ1) is 8.56. The molecule has 104 valence electrons. The van der Waals surface area contributed by atoms with Crippen LogP contribution in [0.5, 0.6) is 0 Å². The molecule has 2 aliphatic rings. The number of hydrogen-bond acceptors (Lipinski definition) is 4. The van der Waals surface area contributed by atoms with Gasteiger partial charge in [-0.2, -0.15) is 0 Å². The highest BCUT2D eigenvalue weighted by atomic mass is 16.3. The summed E-state index contributed by atoms with van der Waals surface area (Å²) in [6, 6.07) is 0.444. The van der Waals surface area contributed by atoms with Crippen LogP contribution in [-0.4, -0.2) is 91.3 Å². The summed E-state index contributed by atoms with van der Waals surface area (Å²) in [5.74, 6) is 0. The first-order valence-electron chi connectivity index (χ1n) is 6.66. The monoisotopic (exact) mass is 256 g/mol. The molecule has 2 heterocycles. The first kappa shape index (κ1) is 13.6. The summed E-state index contributed by atoms with van der Waals surface area (Å²) in [6.07, 6.45) is 0.618. The van der Waals surface area contributed by atoms with Gasteiger partial charge in [0, 0.05) is 45.3 Å². The van der Waals surface area contributed by atoms with Crippen LogP contribution in [0.1, 0.15) is 6.42 Å². The second kappa shape index (κ2) is 5.86. The minimum Gasteiger partial charge on any atom is -0.392 e. The Morgan fingerprint density at radius 1 is 1.44 bits per heavy atom. The summed E-state index contributed by atoms with van der Waals surface area (Å²) < 4.78 is 0. The number of nitrogens with zero attached hydrogens (tertiary/aromatic N) is 3. The van der Waals surface area contributed by atoms with E-state index < -0.39 is 0 Å². The van der Waals surface area contributed by atoms with Gasteiger partial charge in [0.1, 0.15) is 0 Å². The lowest BCUT2D eigenvalue weighted by molar-refractivity contribution is 0.162. The summed E-state index contributed by atoms with van der Waals surface area (Å²) in [7, 11) is 4.10. The lowest BCUT2D eigenvalue weighted by atomic mass is 10.2. The minimum absolute atomic E-state index is 0.0407. The highest BCUT2D eigenvalue weighted by Crippen LogP contribution is 2.18. The molecule has 0 radical (unpaired) electrons. The molecule has 2 N–H and O–H groups in total. The second-order valence-electron chi connectivity index (χ2n) is 5.52. The van der Waals surface area contributed by atoms with Gasteiger partial charge in [0.05, 0.1) is 6.10 Å². The van der Waals surface area contributed by atoms with E-state index in [0.717, 1.165) is 45.7 Å². The van der Waals surface area contributed by atoms with Crippen LogP contribution in [0, 0.1) is 0 Å². The van der Waals surface area contributed by atoms with E-state index >= 15 is 0 Å². The van der Waals surface area contributed by atoms with E-state index in [4.69, 9.17) is 0 Å². The molecule has 6 nitrogen and oxygen atoms in total. The van der Waals surface area contributed by atoms with Crippen molar-refractivity contribution in [3.05, 3.63) is 0 Å². The fraction of sp³-hybridized carbons (Fsp3) is 0.917. The number of likely N-dealkylation sites (tertiary alicyclic amines) is 1. The number of aliphatic hydroxyl groups excluding tert-OH is 1. The quantitative estimate of drug-likeness (QED) is 0.663. The molecule has 0 aromatic rings. The Kier molecular flexibility index (Phi) is 4.42. The van der Waals surface area contributed by atoms with Crippen LogP contribution in [0.3, 0.4) is 0 Å². The zero-order valence-electron chi connectivity index (χ0n) is 11.3. The molecule has 2 atom stereocenters. The van der Waals surface area contributed by atoms with Crippen LogP contribution in [-0.2, 0) is 0 Å². The number of urea groups is 1. The Labute approximate surface area is 109 Å². The van der Waals surface area contributed by atoms with Crippen molar-refractivity contribution in [1.29, 1.82) is 0 Å². The van der Waals surface area contributed by atoms with E-state index in [1.165, 1.54) is 0 Å². The number of carbonyl (C=O) groups excluding carboxylic acids is 1. The highest BCUT2D eigenvalue weighted by molar-refractivity contribution is 5.76. The molecule has 0 saturated carbocycles. The van der Waals surface area contributed by atoms with Crippen LogP contribution in [0.15, 0.2) is 0 Å². The summed E-state index contributed by atoms with van der Waals surface area (Å²) in [5, 5.41) is 12.6. The second-order valence-corrected chi connectivity index (χ2v) is 5.52. The lowest BCUT2D eigenvalue weighted by Crippen LogP contribution is -2.42. The number of amides is 2. The molecule has 6 heteroatoms. The molecule has 2 unspecified atom stereocenters. The summed E-state index contributed by atoms with van der Waals surface area (Å²) in [5.41, 5.74) is 0. The maximum atomic E-state index is 11.4. The zero-order valence-corrected chi connectivity index (χ0v) is 11.3. The van der Waals surface area contributed by atoms with Crippen LogP contribution in [0.2, 0.25) is 0 Å². The summed E-state index contributed by atoms with van der Waals surface area (Å²) >= 11 is 0. The van der Waals surface area contributed by atoms with E-state index in [2.05, 4.69) is 29.2 Å². The van der Waals surface area contributed by atoms with Gasteiger partial charge in [0.15, 0.2) is 0 Å². The standard InChI is InChI=1S/C12H24N4O2/c1-14(2)8-10-7-11(17)9-16(10)6-5-15-4-3-13-12(15)18/h10-11,17H,3-9H2,1-2H3,(H,13,18). The number of aliphatic hydroxyl groups is 1. The number of hydrogen-bond donors (Lipinski definition) is 2.